The number of aromatic amines is 1. The normalized spacial score (nSPS) is 22.1. The Hall–Kier alpha value is -1.71. The Morgan fingerprint density at radius 1 is 1.33 bits per heavy atom. The summed E-state index contributed by atoms with van der Waals surface area (Å²) >= 11 is 0. The highest BCUT2D eigenvalue weighted by Crippen LogP contribution is 2.28. The third-order valence-corrected chi connectivity index (χ3v) is 4.03. The number of hydrogen-bond donors (Lipinski definition) is 4. The van der Waals surface area contributed by atoms with Gasteiger partial charge in [0.2, 0.25) is 0 Å². The van der Waals surface area contributed by atoms with E-state index in [1.54, 1.807) is 6.33 Å². The van der Waals surface area contributed by atoms with Crippen LogP contribution in [0.1, 0.15) is 12.8 Å². The van der Waals surface area contributed by atoms with Crippen molar-refractivity contribution in [1.82, 2.24) is 19.9 Å². The molecule has 2 aromatic rings. The molecule has 3 rings (SSSR count). The first kappa shape index (κ1) is 14.2. The van der Waals surface area contributed by atoms with Crippen molar-refractivity contribution in [2.24, 2.45) is 11.7 Å². The van der Waals surface area contributed by atoms with E-state index in [9.17, 15) is 0 Å². The van der Waals surface area contributed by atoms with E-state index in [0.29, 0.717) is 17.9 Å². The molecule has 3 heterocycles. The fourth-order valence-corrected chi connectivity index (χ4v) is 2.93. The number of aromatic nitrogens is 4. The highest BCUT2D eigenvalue weighted by atomic mass is 16.4. The zero-order valence-electron chi connectivity index (χ0n) is 11.7. The first-order chi connectivity index (χ1) is 10.1. The summed E-state index contributed by atoms with van der Waals surface area (Å²) in [6.07, 6.45) is 5.15. The lowest BCUT2D eigenvalue weighted by molar-refractivity contribution is 0.394. The monoisotopic (exact) mass is 290 g/mol. The fourth-order valence-electron chi connectivity index (χ4n) is 2.93. The van der Waals surface area contributed by atoms with Gasteiger partial charge in [0.1, 0.15) is 11.8 Å². The van der Waals surface area contributed by atoms with Crippen LogP contribution in [-0.2, 0) is 0 Å². The van der Waals surface area contributed by atoms with Crippen LogP contribution in [0.25, 0.3) is 11.2 Å². The molecule has 0 radical (unpaired) electrons. The summed E-state index contributed by atoms with van der Waals surface area (Å²) in [5.74, 6) is 1.16. The van der Waals surface area contributed by atoms with E-state index in [0.717, 1.165) is 37.3 Å². The molecule has 1 fully saturated rings. The average molecular weight is 290 g/mol. The SMILES string of the molecule is N[C@H]1CN(c2ncnc3nc[nH]c23)C[C@@H]1CCCB(O)O. The van der Waals surface area contributed by atoms with Gasteiger partial charge in [-0.25, -0.2) is 15.0 Å². The molecule has 0 unspecified atom stereocenters. The van der Waals surface area contributed by atoms with Crippen molar-refractivity contribution in [1.29, 1.82) is 0 Å². The van der Waals surface area contributed by atoms with E-state index < -0.39 is 7.12 Å². The Kier molecular flexibility index (Phi) is 4.04. The van der Waals surface area contributed by atoms with Crippen LogP contribution in [0, 0.1) is 5.92 Å². The highest BCUT2D eigenvalue weighted by molar-refractivity contribution is 6.40. The Morgan fingerprint density at radius 3 is 3.00 bits per heavy atom. The predicted molar refractivity (Wildman–Crippen MR) is 79.6 cm³/mol. The second-order valence-electron chi connectivity index (χ2n) is 5.54. The van der Waals surface area contributed by atoms with Crippen molar-refractivity contribution in [2.75, 3.05) is 18.0 Å². The maximum Gasteiger partial charge on any atom is 0.451 e. The summed E-state index contributed by atoms with van der Waals surface area (Å²) in [6, 6.07) is 0.0637. The third kappa shape index (κ3) is 2.99. The van der Waals surface area contributed by atoms with E-state index >= 15 is 0 Å². The van der Waals surface area contributed by atoms with E-state index in [-0.39, 0.29) is 6.04 Å². The quantitative estimate of drug-likeness (QED) is 0.540. The zero-order chi connectivity index (χ0) is 14.8. The van der Waals surface area contributed by atoms with Crippen molar-refractivity contribution in [3.8, 4) is 0 Å². The molecule has 21 heavy (non-hydrogen) atoms. The van der Waals surface area contributed by atoms with Crippen LogP contribution in [0.3, 0.4) is 0 Å². The van der Waals surface area contributed by atoms with E-state index in [1.165, 1.54) is 6.33 Å². The van der Waals surface area contributed by atoms with Crippen LogP contribution in [-0.4, -0.2) is 56.2 Å². The van der Waals surface area contributed by atoms with Crippen LogP contribution < -0.4 is 10.6 Å². The molecular formula is C12H19BN6O2. The summed E-state index contributed by atoms with van der Waals surface area (Å²) in [7, 11) is -1.23. The Balaban J connectivity index is 1.69. The lowest BCUT2D eigenvalue weighted by Gasteiger charge is -2.17. The fraction of sp³-hybridized carbons (Fsp3) is 0.583. The van der Waals surface area contributed by atoms with Gasteiger partial charge in [-0.2, -0.15) is 0 Å². The standard InChI is InChI=1S/C12H19BN6O2/c14-9-5-19(4-8(9)2-1-3-13(20)21)12-10-11(16-6-15-10)17-7-18-12/h6-9,20-21H,1-5,14H2,(H,15,16,17,18)/t8-,9-/m0/s1. The molecule has 2 aromatic heterocycles. The van der Waals surface area contributed by atoms with Crippen molar-refractivity contribution >= 4 is 24.1 Å². The van der Waals surface area contributed by atoms with Gasteiger partial charge in [0.05, 0.1) is 6.33 Å². The number of nitrogens with zero attached hydrogens (tertiary/aromatic N) is 4. The van der Waals surface area contributed by atoms with Crippen LogP contribution in [0.15, 0.2) is 12.7 Å². The van der Waals surface area contributed by atoms with Crippen LogP contribution in [0.5, 0.6) is 0 Å². The van der Waals surface area contributed by atoms with Gasteiger partial charge in [0, 0.05) is 19.1 Å². The van der Waals surface area contributed by atoms with Gasteiger partial charge in [0.25, 0.3) is 0 Å². The molecule has 1 saturated heterocycles. The smallest absolute Gasteiger partial charge is 0.427 e. The molecular weight excluding hydrogens is 271 g/mol. The van der Waals surface area contributed by atoms with E-state index in [2.05, 4.69) is 24.8 Å². The molecule has 2 atom stereocenters. The molecule has 8 nitrogen and oxygen atoms in total. The maximum absolute atomic E-state index is 8.90. The molecule has 1 aliphatic heterocycles. The Labute approximate surface area is 122 Å². The van der Waals surface area contributed by atoms with Gasteiger partial charge in [0.15, 0.2) is 11.5 Å². The first-order valence-corrected chi connectivity index (χ1v) is 7.16. The molecule has 0 bridgehead atoms. The molecule has 0 aliphatic carbocycles. The minimum absolute atomic E-state index is 0.0637. The number of hydrogen-bond acceptors (Lipinski definition) is 7. The number of anilines is 1. The summed E-state index contributed by atoms with van der Waals surface area (Å²) < 4.78 is 0. The van der Waals surface area contributed by atoms with E-state index in [1.807, 2.05) is 0 Å². The zero-order valence-corrected chi connectivity index (χ0v) is 11.7. The third-order valence-electron chi connectivity index (χ3n) is 4.03. The summed E-state index contributed by atoms with van der Waals surface area (Å²) in [5, 5.41) is 17.8. The molecule has 5 N–H and O–H groups in total. The molecule has 9 heteroatoms. The topological polar surface area (TPSA) is 124 Å². The van der Waals surface area contributed by atoms with Crippen LogP contribution in [0.2, 0.25) is 6.32 Å². The molecule has 0 aromatic carbocycles. The van der Waals surface area contributed by atoms with Gasteiger partial charge in [-0.05, 0) is 18.7 Å². The van der Waals surface area contributed by atoms with Crippen LogP contribution in [0.4, 0.5) is 5.82 Å². The summed E-state index contributed by atoms with van der Waals surface area (Å²) in [6.45, 7) is 1.55. The summed E-state index contributed by atoms with van der Waals surface area (Å²) in [4.78, 5) is 17.8. The molecule has 112 valence electrons. The molecule has 0 amide bonds. The highest BCUT2D eigenvalue weighted by Gasteiger charge is 2.31. The minimum atomic E-state index is -1.23. The van der Waals surface area contributed by atoms with Gasteiger partial charge in [-0.3, -0.25) is 0 Å². The number of nitrogens with two attached hydrogens (primary N) is 1. The number of imidazole rings is 1. The van der Waals surface area contributed by atoms with Crippen molar-refractivity contribution in [3.05, 3.63) is 12.7 Å². The van der Waals surface area contributed by atoms with Crippen molar-refractivity contribution in [2.45, 2.75) is 25.2 Å². The second kappa shape index (κ2) is 5.96. The van der Waals surface area contributed by atoms with Crippen molar-refractivity contribution < 1.29 is 10.0 Å². The minimum Gasteiger partial charge on any atom is -0.427 e. The van der Waals surface area contributed by atoms with Gasteiger partial charge in [-0.1, -0.05) is 6.42 Å². The first-order valence-electron chi connectivity index (χ1n) is 7.16. The Morgan fingerprint density at radius 2 is 2.19 bits per heavy atom. The lowest BCUT2D eigenvalue weighted by atomic mass is 9.82. The van der Waals surface area contributed by atoms with E-state index in [4.69, 9.17) is 15.8 Å². The molecule has 1 aliphatic rings. The number of nitrogens with one attached hydrogen (secondary N) is 1. The van der Waals surface area contributed by atoms with Crippen LogP contribution >= 0.6 is 0 Å². The van der Waals surface area contributed by atoms with Gasteiger partial charge in [-0.15, -0.1) is 0 Å². The Bertz CT molecular complexity index is 606. The number of H-pyrrole nitrogens is 1. The molecule has 0 spiro atoms. The summed E-state index contributed by atoms with van der Waals surface area (Å²) in [5.41, 5.74) is 7.69. The molecule has 0 saturated carbocycles. The maximum atomic E-state index is 8.90. The van der Waals surface area contributed by atoms with Crippen molar-refractivity contribution in [3.63, 3.8) is 0 Å². The largest absolute Gasteiger partial charge is 0.451 e. The average Bonchev–Trinajstić information content (AvgIpc) is 3.05. The van der Waals surface area contributed by atoms with Gasteiger partial charge < -0.3 is 25.7 Å². The lowest BCUT2D eigenvalue weighted by Crippen LogP contribution is -2.30. The number of fused-ring (bicyclic) bond motifs is 1. The predicted octanol–water partition coefficient (Wildman–Crippen LogP) is -0.631. The second-order valence-corrected chi connectivity index (χ2v) is 5.54. The van der Waals surface area contributed by atoms with Gasteiger partial charge >= 0.3 is 7.12 Å². The number of rotatable bonds is 5.